The first-order chi connectivity index (χ1) is 12.7. The fourth-order valence-electron chi connectivity index (χ4n) is 2.39. The zero-order valence-corrected chi connectivity index (χ0v) is 14.5. The van der Waals surface area contributed by atoms with Crippen molar-refractivity contribution in [2.45, 2.75) is 6.54 Å². The molecule has 0 heterocycles. The Kier molecular flexibility index (Phi) is 6.09. The van der Waals surface area contributed by atoms with Gasteiger partial charge in [0, 0.05) is 19.2 Å². The van der Waals surface area contributed by atoms with Crippen LogP contribution in [0.15, 0.2) is 30.3 Å². The number of amides is 1. The predicted molar refractivity (Wildman–Crippen MR) is 95.2 cm³/mol. The van der Waals surface area contributed by atoms with E-state index in [2.05, 4.69) is 0 Å². The summed E-state index contributed by atoms with van der Waals surface area (Å²) >= 11 is 0. The predicted octanol–water partition coefficient (Wildman–Crippen LogP) is 1.11. The van der Waals surface area contributed by atoms with Gasteiger partial charge in [0.05, 0.1) is 12.1 Å². The third-order valence-electron chi connectivity index (χ3n) is 3.89. The van der Waals surface area contributed by atoms with Crippen LogP contribution in [-0.2, 0) is 6.54 Å². The van der Waals surface area contributed by atoms with Gasteiger partial charge in [0.1, 0.15) is 12.4 Å². The Morgan fingerprint density at radius 2 is 1.74 bits per heavy atom. The van der Waals surface area contributed by atoms with Crippen molar-refractivity contribution in [3.05, 3.63) is 47.0 Å². The molecular weight excluding hydrogens is 356 g/mol. The van der Waals surface area contributed by atoms with Crippen LogP contribution in [0.1, 0.15) is 26.3 Å². The summed E-state index contributed by atoms with van der Waals surface area (Å²) in [5.74, 6) is -3.05. The number of carbonyl (C=O) groups excluding carboxylic acids is 1. The Balaban J connectivity index is 1.99. The molecule has 0 unspecified atom stereocenters. The van der Waals surface area contributed by atoms with Gasteiger partial charge in [-0.15, -0.1) is 0 Å². The molecule has 0 saturated carbocycles. The molecule has 2 aromatic carbocycles. The van der Waals surface area contributed by atoms with E-state index in [4.69, 9.17) is 15.6 Å². The number of aromatic carboxylic acids is 1. The van der Waals surface area contributed by atoms with Gasteiger partial charge >= 0.3 is 5.97 Å². The summed E-state index contributed by atoms with van der Waals surface area (Å²) in [5.41, 5.74) is 6.08. The van der Waals surface area contributed by atoms with E-state index in [0.29, 0.717) is 11.3 Å². The van der Waals surface area contributed by atoms with Crippen molar-refractivity contribution in [1.29, 1.82) is 0 Å². The smallest absolute Gasteiger partial charge is 0.336 e. The van der Waals surface area contributed by atoms with E-state index < -0.39 is 29.1 Å². The number of rotatable bonds is 7. The van der Waals surface area contributed by atoms with Gasteiger partial charge in [-0.1, -0.05) is 0 Å². The van der Waals surface area contributed by atoms with E-state index in [-0.39, 0.29) is 30.8 Å². The lowest BCUT2D eigenvalue weighted by Crippen LogP contribution is -2.30. The number of hydrogen-bond donors (Lipinski definition) is 5. The van der Waals surface area contributed by atoms with Gasteiger partial charge < -0.3 is 35.8 Å². The van der Waals surface area contributed by atoms with Crippen molar-refractivity contribution in [2.75, 3.05) is 20.2 Å². The Hall–Kier alpha value is -3.46. The van der Waals surface area contributed by atoms with E-state index in [1.165, 1.54) is 30.1 Å². The van der Waals surface area contributed by atoms with Crippen molar-refractivity contribution in [2.24, 2.45) is 5.73 Å². The third kappa shape index (κ3) is 4.59. The Bertz CT molecular complexity index is 844. The van der Waals surface area contributed by atoms with E-state index in [1.807, 2.05) is 0 Å². The molecule has 27 heavy (non-hydrogen) atoms. The molecule has 0 fully saturated rings. The SMILES string of the molecule is CN(CCOc1ccc(C(=O)O)c(CN)c1)C(=O)c1cc(O)c(O)c(O)c1. The number of carbonyl (C=O) groups is 2. The summed E-state index contributed by atoms with van der Waals surface area (Å²) in [6.45, 7) is 0.347. The van der Waals surface area contributed by atoms with Crippen LogP contribution in [0.4, 0.5) is 0 Å². The summed E-state index contributed by atoms with van der Waals surface area (Å²) < 4.78 is 5.53. The Morgan fingerprint density at radius 3 is 2.30 bits per heavy atom. The van der Waals surface area contributed by atoms with Crippen LogP contribution in [0.25, 0.3) is 0 Å². The third-order valence-corrected chi connectivity index (χ3v) is 3.89. The molecule has 0 saturated heterocycles. The number of phenols is 3. The topological polar surface area (TPSA) is 154 Å². The molecule has 6 N–H and O–H groups in total. The molecule has 0 spiro atoms. The number of benzene rings is 2. The number of hydrogen-bond acceptors (Lipinski definition) is 7. The van der Waals surface area contributed by atoms with Gasteiger partial charge in [0.25, 0.3) is 5.91 Å². The van der Waals surface area contributed by atoms with Gasteiger partial charge in [0.15, 0.2) is 17.2 Å². The van der Waals surface area contributed by atoms with E-state index in [9.17, 15) is 24.9 Å². The largest absolute Gasteiger partial charge is 0.504 e. The molecule has 144 valence electrons. The van der Waals surface area contributed by atoms with Crippen LogP contribution in [0.3, 0.4) is 0 Å². The highest BCUT2D eigenvalue weighted by Crippen LogP contribution is 2.35. The van der Waals surface area contributed by atoms with Crippen LogP contribution in [0, 0.1) is 0 Å². The van der Waals surface area contributed by atoms with Gasteiger partial charge in [-0.25, -0.2) is 4.79 Å². The minimum atomic E-state index is -1.08. The summed E-state index contributed by atoms with van der Waals surface area (Å²) in [4.78, 5) is 24.7. The van der Waals surface area contributed by atoms with Crippen molar-refractivity contribution in [1.82, 2.24) is 4.90 Å². The Labute approximate surface area is 154 Å². The lowest BCUT2D eigenvalue weighted by atomic mass is 10.1. The maximum Gasteiger partial charge on any atom is 0.336 e. The number of carboxylic acid groups (broad SMARTS) is 1. The van der Waals surface area contributed by atoms with E-state index in [0.717, 1.165) is 12.1 Å². The maximum absolute atomic E-state index is 12.3. The first-order valence-corrected chi connectivity index (χ1v) is 7.94. The molecule has 9 heteroatoms. The molecule has 0 aliphatic heterocycles. The first-order valence-electron chi connectivity index (χ1n) is 7.94. The first kappa shape index (κ1) is 19.9. The molecule has 0 atom stereocenters. The summed E-state index contributed by atoms with van der Waals surface area (Å²) in [6.07, 6.45) is 0. The molecule has 0 bridgehead atoms. The monoisotopic (exact) mass is 376 g/mol. The van der Waals surface area contributed by atoms with Gasteiger partial charge in [-0.3, -0.25) is 4.79 Å². The zero-order chi connectivity index (χ0) is 20.1. The van der Waals surface area contributed by atoms with Gasteiger partial charge in [-0.05, 0) is 35.9 Å². The number of ether oxygens (including phenoxy) is 1. The molecule has 2 rings (SSSR count). The minimum Gasteiger partial charge on any atom is -0.504 e. The van der Waals surface area contributed by atoms with E-state index >= 15 is 0 Å². The summed E-state index contributed by atoms with van der Waals surface area (Å²) in [7, 11) is 1.51. The molecule has 0 aliphatic carbocycles. The van der Waals surface area contributed by atoms with E-state index in [1.54, 1.807) is 0 Å². The van der Waals surface area contributed by atoms with Crippen molar-refractivity contribution in [3.8, 4) is 23.0 Å². The van der Waals surface area contributed by atoms with Crippen LogP contribution in [0.2, 0.25) is 0 Å². The number of nitrogens with zero attached hydrogens (tertiary/aromatic N) is 1. The average Bonchev–Trinajstić information content (AvgIpc) is 2.64. The average molecular weight is 376 g/mol. The van der Waals surface area contributed by atoms with Crippen LogP contribution < -0.4 is 10.5 Å². The lowest BCUT2D eigenvalue weighted by Gasteiger charge is -2.18. The quantitative estimate of drug-likeness (QED) is 0.450. The number of likely N-dealkylation sites (N-methyl/N-ethyl adjacent to an activating group) is 1. The maximum atomic E-state index is 12.3. The fraction of sp³-hybridized carbons (Fsp3) is 0.222. The lowest BCUT2D eigenvalue weighted by molar-refractivity contribution is 0.0694. The molecule has 1 amide bonds. The van der Waals surface area contributed by atoms with Crippen LogP contribution in [0.5, 0.6) is 23.0 Å². The second kappa shape index (κ2) is 8.28. The Morgan fingerprint density at radius 1 is 1.11 bits per heavy atom. The number of nitrogens with two attached hydrogens (primary N) is 1. The van der Waals surface area contributed by atoms with Crippen LogP contribution >= 0.6 is 0 Å². The number of aromatic hydroxyl groups is 3. The van der Waals surface area contributed by atoms with Crippen LogP contribution in [-0.4, -0.2) is 57.4 Å². The second-order valence-electron chi connectivity index (χ2n) is 5.77. The van der Waals surface area contributed by atoms with Gasteiger partial charge in [0.2, 0.25) is 0 Å². The van der Waals surface area contributed by atoms with Gasteiger partial charge in [-0.2, -0.15) is 0 Å². The summed E-state index contributed by atoms with van der Waals surface area (Å²) in [6, 6.07) is 6.53. The van der Waals surface area contributed by atoms with Crippen molar-refractivity contribution >= 4 is 11.9 Å². The highest BCUT2D eigenvalue weighted by molar-refractivity contribution is 5.95. The molecule has 0 aromatic heterocycles. The molecular formula is C18H20N2O7. The highest BCUT2D eigenvalue weighted by atomic mass is 16.5. The molecule has 0 radical (unpaired) electrons. The minimum absolute atomic E-state index is 0.00142. The summed E-state index contributed by atoms with van der Waals surface area (Å²) in [5, 5.41) is 37.4. The number of carboxylic acids is 1. The molecule has 2 aromatic rings. The fourth-order valence-corrected chi connectivity index (χ4v) is 2.39. The van der Waals surface area contributed by atoms with Crippen molar-refractivity contribution in [3.63, 3.8) is 0 Å². The second-order valence-corrected chi connectivity index (χ2v) is 5.77. The highest BCUT2D eigenvalue weighted by Gasteiger charge is 2.17. The zero-order valence-electron chi connectivity index (χ0n) is 14.5. The van der Waals surface area contributed by atoms with Crippen molar-refractivity contribution < 1.29 is 34.8 Å². The standard InChI is InChI=1S/C18H20N2O7/c1-20(17(24)10-7-14(21)16(23)15(22)8-10)4-5-27-12-2-3-13(18(25)26)11(6-12)9-19/h2-3,6-8,21-23H,4-5,9,19H2,1H3,(H,25,26). The molecule has 0 aliphatic rings. The molecule has 9 nitrogen and oxygen atoms in total. The normalized spacial score (nSPS) is 10.4. The number of phenolic OH excluding ortho intramolecular Hbond substituents is 3.